The van der Waals surface area contributed by atoms with Gasteiger partial charge in [0.15, 0.2) is 0 Å². The Bertz CT molecular complexity index is 1320. The summed E-state index contributed by atoms with van der Waals surface area (Å²) in [5.41, 5.74) is 4.35. The zero-order valence-electron chi connectivity index (χ0n) is 22.0. The Balaban J connectivity index is 1.64. The summed E-state index contributed by atoms with van der Waals surface area (Å²) < 4.78 is 0. The first-order valence-corrected chi connectivity index (χ1v) is 13.1. The fourth-order valence-electron chi connectivity index (χ4n) is 4.72. The summed E-state index contributed by atoms with van der Waals surface area (Å²) in [7, 11) is 0. The summed E-state index contributed by atoms with van der Waals surface area (Å²) in [6.07, 6.45) is 1.42. The Kier molecular flexibility index (Phi) is 8.73. The second-order valence-corrected chi connectivity index (χ2v) is 10.0. The highest BCUT2D eigenvalue weighted by Gasteiger charge is 2.30. The molecule has 0 heterocycles. The van der Waals surface area contributed by atoms with Gasteiger partial charge in [-0.2, -0.15) is 0 Å². The van der Waals surface area contributed by atoms with Crippen molar-refractivity contribution in [2.24, 2.45) is 0 Å². The Morgan fingerprint density at radius 1 is 0.784 bits per heavy atom. The normalized spacial score (nSPS) is 11.9. The van der Waals surface area contributed by atoms with Crippen molar-refractivity contribution in [2.45, 2.75) is 58.7 Å². The summed E-state index contributed by atoms with van der Waals surface area (Å²) in [6.45, 7) is 6.33. The smallest absolute Gasteiger partial charge is 0.243 e. The van der Waals surface area contributed by atoms with E-state index in [9.17, 15) is 9.59 Å². The van der Waals surface area contributed by atoms with Gasteiger partial charge in [-0.05, 0) is 54.7 Å². The van der Waals surface area contributed by atoms with Crippen LogP contribution in [-0.4, -0.2) is 28.8 Å². The van der Waals surface area contributed by atoms with Crippen LogP contribution in [0.2, 0.25) is 0 Å². The van der Waals surface area contributed by atoms with Crippen LogP contribution in [0, 0.1) is 6.92 Å². The highest BCUT2D eigenvalue weighted by atomic mass is 16.2. The quantitative estimate of drug-likeness (QED) is 0.285. The lowest BCUT2D eigenvalue weighted by atomic mass is 9.99. The maximum Gasteiger partial charge on any atom is 0.243 e. The molecule has 4 rings (SSSR count). The van der Waals surface area contributed by atoms with Crippen molar-refractivity contribution < 1.29 is 9.59 Å². The standard InChI is InChI=1S/C33H36N2O2/c1-24(2)34-33(37)31(22-26-10-5-4-6-11-26)35(23-27-18-16-25(3)17-19-27)32(36)21-20-29-14-9-13-28-12-7-8-15-30(28)29/h4-19,24,31H,20-23H2,1-3H3,(H,34,37)/t31-/m1/s1. The lowest BCUT2D eigenvalue weighted by molar-refractivity contribution is -0.141. The van der Waals surface area contributed by atoms with Crippen LogP contribution in [-0.2, 0) is 29.0 Å². The average Bonchev–Trinajstić information content (AvgIpc) is 2.90. The Labute approximate surface area is 220 Å². The zero-order chi connectivity index (χ0) is 26.2. The number of benzene rings is 4. The number of carbonyl (C=O) groups is 2. The molecule has 0 aliphatic heterocycles. The fraction of sp³-hybridized carbons (Fsp3) is 0.273. The molecule has 0 fully saturated rings. The van der Waals surface area contributed by atoms with Crippen molar-refractivity contribution in [3.63, 3.8) is 0 Å². The van der Waals surface area contributed by atoms with E-state index in [1.165, 1.54) is 10.8 Å². The van der Waals surface area contributed by atoms with Gasteiger partial charge in [-0.25, -0.2) is 0 Å². The molecular formula is C33H36N2O2. The van der Waals surface area contributed by atoms with E-state index in [4.69, 9.17) is 0 Å². The molecule has 0 radical (unpaired) electrons. The number of hydrogen-bond donors (Lipinski definition) is 1. The van der Waals surface area contributed by atoms with Gasteiger partial charge in [0, 0.05) is 25.4 Å². The first-order chi connectivity index (χ1) is 17.9. The highest BCUT2D eigenvalue weighted by molar-refractivity contribution is 5.89. The van der Waals surface area contributed by atoms with E-state index in [-0.39, 0.29) is 17.9 Å². The van der Waals surface area contributed by atoms with Gasteiger partial charge in [0.2, 0.25) is 11.8 Å². The molecule has 0 aromatic heterocycles. The second kappa shape index (κ2) is 12.4. The molecule has 0 saturated heterocycles. The van der Waals surface area contributed by atoms with Crippen LogP contribution >= 0.6 is 0 Å². The van der Waals surface area contributed by atoms with Gasteiger partial charge in [0.1, 0.15) is 6.04 Å². The molecule has 0 bridgehead atoms. The van der Waals surface area contributed by atoms with Crippen molar-refractivity contribution in [1.82, 2.24) is 10.2 Å². The van der Waals surface area contributed by atoms with E-state index < -0.39 is 6.04 Å². The van der Waals surface area contributed by atoms with Gasteiger partial charge >= 0.3 is 0 Å². The lowest BCUT2D eigenvalue weighted by Gasteiger charge is -2.32. The summed E-state index contributed by atoms with van der Waals surface area (Å²) in [5.74, 6) is -0.141. The van der Waals surface area contributed by atoms with Gasteiger partial charge in [-0.1, -0.05) is 103 Å². The number of nitrogens with zero attached hydrogens (tertiary/aromatic N) is 1. The number of hydrogen-bond acceptors (Lipinski definition) is 2. The second-order valence-electron chi connectivity index (χ2n) is 10.0. The van der Waals surface area contributed by atoms with E-state index in [1.807, 2.05) is 81.4 Å². The highest BCUT2D eigenvalue weighted by Crippen LogP contribution is 2.22. The third-order valence-electron chi connectivity index (χ3n) is 6.66. The number of amides is 2. The minimum atomic E-state index is -0.605. The molecule has 1 N–H and O–H groups in total. The van der Waals surface area contributed by atoms with E-state index in [0.29, 0.717) is 25.8 Å². The molecule has 4 heteroatoms. The van der Waals surface area contributed by atoms with E-state index >= 15 is 0 Å². The van der Waals surface area contributed by atoms with E-state index in [1.54, 1.807) is 4.90 Å². The third-order valence-corrected chi connectivity index (χ3v) is 6.66. The first kappa shape index (κ1) is 26.2. The van der Waals surface area contributed by atoms with Gasteiger partial charge < -0.3 is 10.2 Å². The molecule has 1 atom stereocenters. The van der Waals surface area contributed by atoms with Crippen molar-refractivity contribution in [3.05, 3.63) is 119 Å². The summed E-state index contributed by atoms with van der Waals surface area (Å²) >= 11 is 0. The Morgan fingerprint density at radius 3 is 2.19 bits per heavy atom. The molecule has 0 saturated carbocycles. The monoisotopic (exact) mass is 492 g/mol. The predicted octanol–water partition coefficient (Wildman–Crippen LogP) is 6.25. The maximum absolute atomic E-state index is 13.9. The van der Waals surface area contributed by atoms with Gasteiger partial charge in [-0.3, -0.25) is 9.59 Å². The number of fused-ring (bicyclic) bond motifs is 1. The molecule has 0 aliphatic rings. The van der Waals surface area contributed by atoms with Crippen LogP contribution in [0.4, 0.5) is 0 Å². The average molecular weight is 493 g/mol. The fourth-order valence-corrected chi connectivity index (χ4v) is 4.72. The van der Waals surface area contributed by atoms with Crippen LogP contribution in [0.15, 0.2) is 97.1 Å². The largest absolute Gasteiger partial charge is 0.352 e. The van der Waals surface area contributed by atoms with Gasteiger partial charge in [-0.15, -0.1) is 0 Å². The topological polar surface area (TPSA) is 49.4 Å². The van der Waals surface area contributed by atoms with E-state index in [2.05, 4.69) is 41.7 Å². The van der Waals surface area contributed by atoms with Gasteiger partial charge in [0.05, 0.1) is 0 Å². The number of rotatable bonds is 10. The lowest BCUT2D eigenvalue weighted by Crippen LogP contribution is -2.51. The minimum Gasteiger partial charge on any atom is -0.352 e. The zero-order valence-corrected chi connectivity index (χ0v) is 22.0. The molecule has 37 heavy (non-hydrogen) atoms. The Hall–Kier alpha value is -3.92. The third kappa shape index (κ3) is 7.07. The molecule has 0 unspecified atom stereocenters. The molecule has 190 valence electrons. The summed E-state index contributed by atoms with van der Waals surface area (Å²) in [4.78, 5) is 29.2. The molecule has 4 aromatic rings. The van der Waals surface area contributed by atoms with Crippen LogP contribution in [0.25, 0.3) is 10.8 Å². The number of aryl methyl sites for hydroxylation is 2. The Morgan fingerprint density at radius 2 is 1.46 bits per heavy atom. The van der Waals surface area contributed by atoms with Crippen LogP contribution in [0.5, 0.6) is 0 Å². The number of carbonyl (C=O) groups excluding carboxylic acids is 2. The van der Waals surface area contributed by atoms with Crippen molar-refractivity contribution in [1.29, 1.82) is 0 Å². The van der Waals surface area contributed by atoms with Crippen molar-refractivity contribution in [2.75, 3.05) is 0 Å². The van der Waals surface area contributed by atoms with Crippen LogP contribution in [0.1, 0.15) is 42.5 Å². The molecular weight excluding hydrogens is 456 g/mol. The summed E-state index contributed by atoms with van der Waals surface area (Å²) in [5, 5.41) is 5.40. The summed E-state index contributed by atoms with van der Waals surface area (Å²) in [6, 6.07) is 32.0. The number of nitrogens with one attached hydrogen (secondary N) is 1. The van der Waals surface area contributed by atoms with Crippen molar-refractivity contribution >= 4 is 22.6 Å². The maximum atomic E-state index is 13.9. The molecule has 4 aromatic carbocycles. The first-order valence-electron chi connectivity index (χ1n) is 13.1. The SMILES string of the molecule is Cc1ccc(CN(C(=O)CCc2cccc3ccccc23)[C@H](Cc2ccccc2)C(=O)NC(C)C)cc1. The minimum absolute atomic E-state index is 0.0159. The van der Waals surface area contributed by atoms with Crippen LogP contribution < -0.4 is 5.32 Å². The molecule has 2 amide bonds. The van der Waals surface area contributed by atoms with Crippen molar-refractivity contribution in [3.8, 4) is 0 Å². The van der Waals surface area contributed by atoms with E-state index in [0.717, 1.165) is 22.3 Å². The molecule has 0 aliphatic carbocycles. The molecule has 0 spiro atoms. The van der Waals surface area contributed by atoms with Crippen LogP contribution in [0.3, 0.4) is 0 Å². The van der Waals surface area contributed by atoms with Gasteiger partial charge in [0.25, 0.3) is 0 Å². The predicted molar refractivity (Wildman–Crippen MR) is 151 cm³/mol. The molecule has 4 nitrogen and oxygen atoms in total.